The molecule has 130 valence electrons. The van der Waals surface area contributed by atoms with Gasteiger partial charge >= 0.3 is 0 Å². The van der Waals surface area contributed by atoms with Crippen molar-refractivity contribution in [1.82, 2.24) is 19.7 Å². The van der Waals surface area contributed by atoms with E-state index in [1.54, 1.807) is 0 Å². The Balaban J connectivity index is 1.62. The highest BCUT2D eigenvalue weighted by atomic mass is 32.1. The van der Waals surface area contributed by atoms with E-state index in [2.05, 4.69) is 63.0 Å². The lowest BCUT2D eigenvalue weighted by molar-refractivity contribution is 0.168. The van der Waals surface area contributed by atoms with E-state index in [0.717, 1.165) is 37.9 Å². The third-order valence-corrected chi connectivity index (χ3v) is 6.37. The predicted molar refractivity (Wildman–Crippen MR) is 98.8 cm³/mol. The lowest BCUT2D eigenvalue weighted by Crippen LogP contribution is -2.55. The molecule has 0 amide bonds. The van der Waals surface area contributed by atoms with Crippen LogP contribution in [0, 0.1) is 5.92 Å². The topological polar surface area (TPSA) is 37.2 Å². The number of anilines is 1. The summed E-state index contributed by atoms with van der Waals surface area (Å²) in [4.78, 5) is 6.27. The van der Waals surface area contributed by atoms with Crippen molar-refractivity contribution in [2.24, 2.45) is 5.92 Å². The molecule has 1 saturated heterocycles. The van der Waals surface area contributed by atoms with Crippen LogP contribution in [0.25, 0.3) is 0 Å². The van der Waals surface area contributed by atoms with Gasteiger partial charge in [-0.2, -0.15) is 0 Å². The number of rotatable bonds is 5. The highest BCUT2D eigenvalue weighted by Crippen LogP contribution is 2.33. The van der Waals surface area contributed by atoms with Crippen molar-refractivity contribution < 1.29 is 0 Å². The summed E-state index contributed by atoms with van der Waals surface area (Å²) in [5, 5.41) is 11.4. The first-order chi connectivity index (χ1) is 11.6. The van der Waals surface area contributed by atoms with E-state index < -0.39 is 0 Å². The number of aromatic nitrogens is 3. The largest absolute Gasteiger partial charge is 0.338 e. The normalized spacial score (nSPS) is 25.4. The van der Waals surface area contributed by atoms with Crippen molar-refractivity contribution in [3.8, 4) is 0 Å². The van der Waals surface area contributed by atoms with Crippen LogP contribution in [0.5, 0.6) is 0 Å². The highest BCUT2D eigenvalue weighted by molar-refractivity contribution is 7.09. The predicted octanol–water partition coefficient (Wildman–Crippen LogP) is 2.87. The number of thiophene rings is 1. The summed E-state index contributed by atoms with van der Waals surface area (Å²) in [6.07, 6.45) is 3.78. The maximum atomic E-state index is 4.62. The SMILES string of the molecule is C[C@@H]1CN(c2nnc(CC3CC3)n2Cc2cccs2)C[C@@H](C)N1C. The fourth-order valence-electron chi connectivity index (χ4n) is 3.58. The number of hydrogen-bond donors (Lipinski definition) is 0. The molecule has 3 heterocycles. The van der Waals surface area contributed by atoms with E-state index in [0.29, 0.717) is 12.1 Å². The van der Waals surface area contributed by atoms with Crippen LogP contribution in [0.2, 0.25) is 0 Å². The molecule has 4 rings (SSSR count). The van der Waals surface area contributed by atoms with Crippen LogP contribution in [0.3, 0.4) is 0 Å². The van der Waals surface area contributed by atoms with Gasteiger partial charge < -0.3 is 4.90 Å². The zero-order chi connectivity index (χ0) is 16.7. The van der Waals surface area contributed by atoms with Crippen molar-refractivity contribution in [3.05, 3.63) is 28.2 Å². The summed E-state index contributed by atoms with van der Waals surface area (Å²) in [6, 6.07) is 5.41. The Morgan fingerprint density at radius 3 is 2.54 bits per heavy atom. The van der Waals surface area contributed by atoms with Crippen LogP contribution in [0.1, 0.15) is 37.4 Å². The minimum atomic E-state index is 0.535. The van der Waals surface area contributed by atoms with Crippen molar-refractivity contribution in [2.75, 3.05) is 25.0 Å². The van der Waals surface area contributed by atoms with Gasteiger partial charge in [-0.1, -0.05) is 6.07 Å². The first-order valence-electron chi connectivity index (χ1n) is 9.03. The summed E-state index contributed by atoms with van der Waals surface area (Å²) < 4.78 is 2.37. The van der Waals surface area contributed by atoms with Crippen LogP contribution in [-0.4, -0.2) is 51.9 Å². The summed E-state index contributed by atoms with van der Waals surface area (Å²) in [7, 11) is 2.22. The van der Waals surface area contributed by atoms with Crippen molar-refractivity contribution in [2.45, 2.75) is 51.7 Å². The number of likely N-dealkylation sites (N-methyl/N-ethyl adjacent to an activating group) is 1. The Morgan fingerprint density at radius 1 is 1.17 bits per heavy atom. The summed E-state index contributed by atoms with van der Waals surface area (Å²) >= 11 is 1.82. The molecule has 0 unspecified atom stereocenters. The van der Waals surface area contributed by atoms with E-state index in [4.69, 9.17) is 0 Å². The van der Waals surface area contributed by atoms with Crippen LogP contribution >= 0.6 is 11.3 Å². The van der Waals surface area contributed by atoms with E-state index in [-0.39, 0.29) is 0 Å². The minimum absolute atomic E-state index is 0.535. The molecule has 1 saturated carbocycles. The van der Waals surface area contributed by atoms with E-state index >= 15 is 0 Å². The molecule has 5 nitrogen and oxygen atoms in total. The molecule has 2 fully saturated rings. The van der Waals surface area contributed by atoms with Gasteiger partial charge in [0.25, 0.3) is 0 Å². The molecule has 2 aromatic heterocycles. The van der Waals surface area contributed by atoms with Gasteiger partial charge in [0.05, 0.1) is 6.54 Å². The number of piperazine rings is 1. The van der Waals surface area contributed by atoms with E-state index in [9.17, 15) is 0 Å². The molecule has 2 atom stereocenters. The fraction of sp³-hybridized carbons (Fsp3) is 0.667. The molecule has 0 radical (unpaired) electrons. The molecule has 24 heavy (non-hydrogen) atoms. The highest BCUT2D eigenvalue weighted by Gasteiger charge is 2.31. The molecule has 0 spiro atoms. The van der Waals surface area contributed by atoms with Crippen LogP contribution in [0.4, 0.5) is 5.95 Å². The van der Waals surface area contributed by atoms with Gasteiger partial charge in [-0.15, -0.1) is 21.5 Å². The second-order valence-corrected chi connectivity index (χ2v) is 8.53. The second kappa shape index (κ2) is 6.48. The van der Waals surface area contributed by atoms with Gasteiger partial charge in [0, 0.05) is 36.5 Å². The summed E-state index contributed by atoms with van der Waals surface area (Å²) in [5.41, 5.74) is 0. The Bertz CT molecular complexity index is 664. The molecule has 6 heteroatoms. The summed E-state index contributed by atoms with van der Waals surface area (Å²) in [5.74, 6) is 3.06. The van der Waals surface area contributed by atoms with Gasteiger partial charge in [0.15, 0.2) is 0 Å². The monoisotopic (exact) mass is 345 g/mol. The van der Waals surface area contributed by atoms with E-state index in [1.165, 1.54) is 23.5 Å². The molecular weight excluding hydrogens is 318 g/mol. The summed E-state index contributed by atoms with van der Waals surface area (Å²) in [6.45, 7) is 7.54. The van der Waals surface area contributed by atoms with E-state index in [1.807, 2.05) is 11.3 Å². The Labute approximate surface area is 148 Å². The van der Waals surface area contributed by atoms with Crippen molar-refractivity contribution >= 4 is 17.3 Å². The fourth-order valence-corrected chi connectivity index (χ4v) is 4.27. The smallest absolute Gasteiger partial charge is 0.227 e. The van der Waals surface area contributed by atoms with Crippen LogP contribution < -0.4 is 4.90 Å². The van der Waals surface area contributed by atoms with Crippen LogP contribution in [-0.2, 0) is 13.0 Å². The quantitative estimate of drug-likeness (QED) is 0.835. The average molecular weight is 346 g/mol. The standard InChI is InChI=1S/C18H27N5S/c1-13-10-22(11-14(2)21(13)3)18-20-19-17(9-15-6-7-15)23(18)12-16-5-4-8-24-16/h4-5,8,13-15H,6-7,9-12H2,1-3H3/t13-,14-/m1/s1. The molecule has 0 aromatic carbocycles. The molecule has 2 aliphatic rings. The number of nitrogens with zero attached hydrogens (tertiary/aromatic N) is 5. The first-order valence-corrected chi connectivity index (χ1v) is 9.91. The van der Waals surface area contributed by atoms with Crippen LogP contribution in [0.15, 0.2) is 17.5 Å². The molecule has 1 aliphatic heterocycles. The number of hydrogen-bond acceptors (Lipinski definition) is 5. The molecule has 1 aliphatic carbocycles. The van der Waals surface area contributed by atoms with Crippen molar-refractivity contribution in [1.29, 1.82) is 0 Å². The Morgan fingerprint density at radius 2 is 1.92 bits per heavy atom. The first kappa shape index (κ1) is 16.1. The van der Waals surface area contributed by atoms with Gasteiger partial charge in [0.2, 0.25) is 5.95 Å². The van der Waals surface area contributed by atoms with Gasteiger partial charge in [-0.25, -0.2) is 0 Å². The minimum Gasteiger partial charge on any atom is -0.338 e. The maximum Gasteiger partial charge on any atom is 0.227 e. The third-order valence-electron chi connectivity index (χ3n) is 5.51. The van der Waals surface area contributed by atoms with Gasteiger partial charge in [-0.3, -0.25) is 9.47 Å². The average Bonchev–Trinajstić information content (AvgIpc) is 3.06. The molecule has 2 aromatic rings. The van der Waals surface area contributed by atoms with Crippen molar-refractivity contribution in [3.63, 3.8) is 0 Å². The van der Waals surface area contributed by atoms with Gasteiger partial charge in [-0.05, 0) is 51.1 Å². The second-order valence-electron chi connectivity index (χ2n) is 7.50. The van der Waals surface area contributed by atoms with Gasteiger partial charge in [0.1, 0.15) is 5.82 Å². The Hall–Kier alpha value is -1.40. The molecule has 0 N–H and O–H groups in total. The maximum absolute atomic E-state index is 4.62. The third kappa shape index (κ3) is 3.22. The Kier molecular flexibility index (Phi) is 4.35. The molecule has 0 bridgehead atoms. The zero-order valence-electron chi connectivity index (χ0n) is 14.9. The zero-order valence-corrected chi connectivity index (χ0v) is 15.7. The lowest BCUT2D eigenvalue weighted by atomic mass is 10.1. The molecular formula is C18H27N5S. The lowest BCUT2D eigenvalue weighted by Gasteiger charge is -2.42.